The van der Waals surface area contributed by atoms with E-state index in [0.29, 0.717) is 42.1 Å². The number of nitrogens with one attached hydrogen (secondary N) is 1. The van der Waals surface area contributed by atoms with E-state index in [1.807, 2.05) is 0 Å². The van der Waals surface area contributed by atoms with Crippen molar-refractivity contribution >= 4 is 22.8 Å². The third-order valence-corrected chi connectivity index (χ3v) is 6.48. The predicted molar refractivity (Wildman–Crippen MR) is 124 cm³/mol. The van der Waals surface area contributed by atoms with E-state index in [0.717, 1.165) is 11.3 Å². The second kappa shape index (κ2) is 10.2. The first kappa shape index (κ1) is 25.5. The van der Waals surface area contributed by atoms with Crippen molar-refractivity contribution in [2.45, 2.75) is 63.9 Å². The number of fused-ring (bicyclic) bond motifs is 3. The van der Waals surface area contributed by atoms with E-state index in [2.05, 4.69) is 10.1 Å². The van der Waals surface area contributed by atoms with Crippen molar-refractivity contribution < 1.29 is 37.0 Å². The predicted octanol–water partition coefficient (Wildman–Crippen LogP) is 5.32. The Morgan fingerprint density at radius 1 is 1.22 bits per heavy atom. The average Bonchev–Trinajstić information content (AvgIpc) is 3.10. The van der Waals surface area contributed by atoms with Gasteiger partial charge in [-0.25, -0.2) is 9.18 Å². The van der Waals surface area contributed by atoms with Gasteiger partial charge in [-0.15, -0.1) is 13.2 Å². The van der Waals surface area contributed by atoms with Crippen LogP contribution in [0.1, 0.15) is 49.0 Å². The molecule has 6 nitrogen and oxygen atoms in total. The van der Waals surface area contributed by atoms with Crippen molar-refractivity contribution in [1.82, 2.24) is 9.88 Å². The van der Waals surface area contributed by atoms with E-state index in [-0.39, 0.29) is 30.5 Å². The fourth-order valence-electron chi connectivity index (χ4n) is 4.97. The summed E-state index contributed by atoms with van der Waals surface area (Å²) in [4.78, 5) is 24.5. The van der Waals surface area contributed by atoms with Crippen LogP contribution in [-0.2, 0) is 28.9 Å². The van der Waals surface area contributed by atoms with Crippen LogP contribution in [0.4, 0.5) is 17.6 Å². The highest BCUT2D eigenvalue weighted by atomic mass is 19.4. The van der Waals surface area contributed by atoms with Gasteiger partial charge in [0.1, 0.15) is 17.6 Å². The molecule has 0 fully saturated rings. The number of rotatable bonds is 8. The van der Waals surface area contributed by atoms with Gasteiger partial charge in [-0.05, 0) is 73.6 Å². The number of amides is 1. The van der Waals surface area contributed by atoms with Crippen LogP contribution in [0.5, 0.6) is 5.75 Å². The summed E-state index contributed by atoms with van der Waals surface area (Å²) in [5.41, 5.74) is 2.87. The van der Waals surface area contributed by atoms with Crippen molar-refractivity contribution in [3.8, 4) is 5.75 Å². The van der Waals surface area contributed by atoms with Crippen molar-refractivity contribution in [1.29, 1.82) is 0 Å². The lowest BCUT2D eigenvalue weighted by Crippen LogP contribution is -2.39. The number of carbonyl (C=O) groups is 2. The highest BCUT2D eigenvalue weighted by Gasteiger charge is 2.32. The number of carbonyl (C=O) groups excluding carboxylic acids is 1. The Labute approximate surface area is 204 Å². The molecule has 0 saturated carbocycles. The van der Waals surface area contributed by atoms with Crippen LogP contribution in [0, 0.1) is 5.82 Å². The maximum Gasteiger partial charge on any atom is 0.573 e. The van der Waals surface area contributed by atoms with Crippen LogP contribution in [0.15, 0.2) is 42.5 Å². The number of nitrogens with zero attached hydrogens (tertiary/aromatic N) is 1. The van der Waals surface area contributed by atoms with Crippen LogP contribution in [-0.4, -0.2) is 34.0 Å². The summed E-state index contributed by atoms with van der Waals surface area (Å²) in [6.45, 7) is 1.79. The SMILES string of the molecule is CCC(C(=O)O)n1c2c(c3cc(F)ccc31)C[C@@H](NC(=O)CCc1cccc(OC(F)(F)F)c1)CC2. The lowest BCUT2D eigenvalue weighted by molar-refractivity contribution is -0.274. The first-order valence-electron chi connectivity index (χ1n) is 11.7. The molecule has 10 heteroatoms. The van der Waals surface area contributed by atoms with Gasteiger partial charge in [0.2, 0.25) is 5.91 Å². The molecular weight excluding hydrogens is 480 g/mol. The zero-order chi connectivity index (χ0) is 26.0. The fraction of sp³-hybridized carbons (Fsp3) is 0.385. The Morgan fingerprint density at radius 3 is 2.69 bits per heavy atom. The highest BCUT2D eigenvalue weighted by Crippen LogP contribution is 2.36. The minimum absolute atomic E-state index is 0.0755. The van der Waals surface area contributed by atoms with Crippen molar-refractivity contribution in [3.63, 3.8) is 0 Å². The van der Waals surface area contributed by atoms with E-state index < -0.39 is 24.2 Å². The maximum absolute atomic E-state index is 14.1. The number of halogens is 4. The molecule has 192 valence electrons. The third kappa shape index (κ3) is 5.63. The summed E-state index contributed by atoms with van der Waals surface area (Å²) in [5, 5.41) is 13.4. The molecule has 2 aromatic carbocycles. The van der Waals surface area contributed by atoms with Gasteiger partial charge in [0.05, 0.1) is 0 Å². The molecule has 1 aromatic heterocycles. The van der Waals surface area contributed by atoms with Gasteiger partial charge in [-0.2, -0.15) is 0 Å². The Balaban J connectivity index is 1.47. The standard InChI is InChI=1S/C26H26F4N2O4/c1-2-21(25(34)35)32-22-9-7-16(27)13-19(22)20-14-17(8-10-23(20)32)31-24(33)11-6-15-4-3-5-18(12-15)36-26(28,29)30/h3-5,7,9,12-13,17,21H,2,6,8,10-11,14H2,1H3,(H,31,33)(H,34,35)/t17-,21?/m0/s1. The minimum Gasteiger partial charge on any atom is -0.480 e. The molecule has 1 heterocycles. The number of aliphatic carboxylic acids is 1. The quantitative estimate of drug-likeness (QED) is 0.405. The molecule has 0 radical (unpaired) electrons. The molecule has 0 bridgehead atoms. The Bertz CT molecular complexity index is 1280. The molecule has 1 aliphatic rings. The first-order valence-corrected chi connectivity index (χ1v) is 11.7. The topological polar surface area (TPSA) is 80.6 Å². The molecule has 0 aliphatic heterocycles. The number of carboxylic acids is 1. The molecule has 4 rings (SSSR count). The summed E-state index contributed by atoms with van der Waals surface area (Å²) in [6, 6.07) is 8.83. The third-order valence-electron chi connectivity index (χ3n) is 6.48. The zero-order valence-electron chi connectivity index (χ0n) is 19.6. The van der Waals surface area contributed by atoms with E-state index in [4.69, 9.17) is 0 Å². The number of hydrogen-bond acceptors (Lipinski definition) is 3. The fourth-order valence-corrected chi connectivity index (χ4v) is 4.97. The van der Waals surface area contributed by atoms with Gasteiger partial charge in [0.25, 0.3) is 0 Å². The zero-order valence-corrected chi connectivity index (χ0v) is 19.6. The minimum atomic E-state index is -4.79. The number of aromatic nitrogens is 1. The van der Waals surface area contributed by atoms with Gasteiger partial charge in [0.15, 0.2) is 0 Å². The Hall–Kier alpha value is -3.56. The number of hydrogen-bond donors (Lipinski definition) is 2. The number of aryl methyl sites for hydroxylation is 1. The smallest absolute Gasteiger partial charge is 0.480 e. The largest absolute Gasteiger partial charge is 0.573 e. The second-order valence-corrected chi connectivity index (χ2v) is 8.92. The molecular formula is C26H26F4N2O4. The van der Waals surface area contributed by atoms with Gasteiger partial charge >= 0.3 is 12.3 Å². The number of carboxylic acid groups (broad SMARTS) is 1. The summed E-state index contributed by atoms with van der Waals surface area (Å²) in [6.07, 6.45) is -2.56. The molecule has 1 amide bonds. The lowest BCUT2D eigenvalue weighted by atomic mass is 9.91. The number of benzene rings is 2. The van der Waals surface area contributed by atoms with Gasteiger partial charge < -0.3 is 19.7 Å². The van der Waals surface area contributed by atoms with Gasteiger partial charge in [0, 0.05) is 29.1 Å². The highest BCUT2D eigenvalue weighted by molar-refractivity contribution is 5.88. The molecule has 36 heavy (non-hydrogen) atoms. The molecule has 1 unspecified atom stereocenters. The molecule has 0 spiro atoms. The summed E-state index contributed by atoms with van der Waals surface area (Å²) in [7, 11) is 0. The van der Waals surface area contributed by atoms with Crippen molar-refractivity contribution in [3.05, 3.63) is 65.1 Å². The average molecular weight is 506 g/mol. The van der Waals surface area contributed by atoms with Gasteiger partial charge in [-0.3, -0.25) is 4.79 Å². The van der Waals surface area contributed by atoms with E-state index >= 15 is 0 Å². The summed E-state index contributed by atoms with van der Waals surface area (Å²) < 4.78 is 57.1. The molecule has 0 saturated heterocycles. The van der Waals surface area contributed by atoms with Crippen LogP contribution in [0.25, 0.3) is 10.9 Å². The van der Waals surface area contributed by atoms with Crippen LogP contribution in [0.2, 0.25) is 0 Å². The molecule has 3 aromatic rings. The van der Waals surface area contributed by atoms with Gasteiger partial charge in [-0.1, -0.05) is 19.1 Å². The molecule has 2 atom stereocenters. The van der Waals surface area contributed by atoms with E-state index in [1.165, 1.54) is 30.3 Å². The number of ether oxygens (including phenoxy) is 1. The molecule has 2 N–H and O–H groups in total. The maximum atomic E-state index is 14.1. The van der Waals surface area contributed by atoms with Crippen LogP contribution < -0.4 is 10.1 Å². The van der Waals surface area contributed by atoms with Crippen molar-refractivity contribution in [2.75, 3.05) is 0 Å². The first-order chi connectivity index (χ1) is 17.1. The lowest BCUT2D eigenvalue weighted by Gasteiger charge is -2.26. The monoisotopic (exact) mass is 506 g/mol. The normalized spacial score (nSPS) is 16.4. The Morgan fingerprint density at radius 2 is 2.00 bits per heavy atom. The molecule has 1 aliphatic carbocycles. The summed E-state index contributed by atoms with van der Waals surface area (Å²) >= 11 is 0. The van der Waals surface area contributed by atoms with Crippen LogP contribution in [0.3, 0.4) is 0 Å². The van der Waals surface area contributed by atoms with E-state index in [1.54, 1.807) is 23.6 Å². The second-order valence-electron chi connectivity index (χ2n) is 8.92. The van der Waals surface area contributed by atoms with E-state index in [9.17, 15) is 32.3 Å². The summed E-state index contributed by atoms with van der Waals surface area (Å²) in [5.74, 6) is -1.97. The number of alkyl halides is 3. The van der Waals surface area contributed by atoms with Crippen molar-refractivity contribution in [2.24, 2.45) is 0 Å². The Kier molecular flexibility index (Phi) is 7.23. The van der Waals surface area contributed by atoms with Crippen LogP contribution >= 0.6 is 0 Å².